The SMILES string of the molecule is Brc1ccc(CNCC(c2cccs2)N2CCOCC2)o1. The Morgan fingerprint density at radius 2 is 2.14 bits per heavy atom. The molecule has 21 heavy (non-hydrogen) atoms. The van der Waals surface area contributed by atoms with Gasteiger partial charge in [0.15, 0.2) is 4.67 Å². The molecule has 1 aliphatic rings. The van der Waals surface area contributed by atoms with Crippen molar-refractivity contribution in [2.24, 2.45) is 0 Å². The van der Waals surface area contributed by atoms with E-state index in [9.17, 15) is 0 Å². The number of hydrogen-bond acceptors (Lipinski definition) is 5. The zero-order chi connectivity index (χ0) is 14.5. The van der Waals surface area contributed by atoms with E-state index in [0.717, 1.165) is 49.8 Å². The molecule has 1 aliphatic heterocycles. The summed E-state index contributed by atoms with van der Waals surface area (Å²) >= 11 is 5.15. The standard InChI is InChI=1S/C15H19BrN2O2S/c16-15-4-3-12(20-15)10-17-11-13(14-2-1-9-21-14)18-5-7-19-8-6-18/h1-4,9,13,17H,5-8,10-11H2. The number of hydrogen-bond donors (Lipinski definition) is 1. The van der Waals surface area contributed by atoms with E-state index < -0.39 is 0 Å². The van der Waals surface area contributed by atoms with Gasteiger partial charge in [0.2, 0.25) is 0 Å². The number of furan rings is 1. The molecule has 6 heteroatoms. The Morgan fingerprint density at radius 3 is 2.81 bits per heavy atom. The van der Waals surface area contributed by atoms with Crippen molar-refractivity contribution in [3.8, 4) is 0 Å². The summed E-state index contributed by atoms with van der Waals surface area (Å²) in [5, 5.41) is 5.66. The van der Waals surface area contributed by atoms with Gasteiger partial charge in [-0.15, -0.1) is 11.3 Å². The van der Waals surface area contributed by atoms with Gasteiger partial charge in [0.05, 0.1) is 25.8 Å². The van der Waals surface area contributed by atoms with E-state index in [-0.39, 0.29) is 0 Å². The molecular weight excluding hydrogens is 352 g/mol. The number of nitrogens with one attached hydrogen (secondary N) is 1. The highest BCUT2D eigenvalue weighted by Gasteiger charge is 2.23. The Bertz CT molecular complexity index is 538. The van der Waals surface area contributed by atoms with Gasteiger partial charge in [0.1, 0.15) is 5.76 Å². The van der Waals surface area contributed by atoms with Crippen LogP contribution in [0.15, 0.2) is 38.7 Å². The first kappa shape index (κ1) is 15.2. The van der Waals surface area contributed by atoms with Crippen LogP contribution in [0.4, 0.5) is 0 Å². The van der Waals surface area contributed by atoms with Crippen molar-refractivity contribution in [3.63, 3.8) is 0 Å². The summed E-state index contributed by atoms with van der Waals surface area (Å²) in [6, 6.07) is 8.67. The third-order valence-electron chi connectivity index (χ3n) is 3.62. The fraction of sp³-hybridized carbons (Fsp3) is 0.467. The molecule has 1 atom stereocenters. The highest BCUT2D eigenvalue weighted by molar-refractivity contribution is 9.10. The van der Waals surface area contributed by atoms with Gasteiger partial charge in [0.25, 0.3) is 0 Å². The number of thiophene rings is 1. The summed E-state index contributed by atoms with van der Waals surface area (Å²) in [6.45, 7) is 5.31. The van der Waals surface area contributed by atoms with Gasteiger partial charge in [-0.25, -0.2) is 0 Å². The molecule has 0 aromatic carbocycles. The van der Waals surface area contributed by atoms with Crippen LogP contribution in [0.3, 0.4) is 0 Å². The van der Waals surface area contributed by atoms with E-state index in [0.29, 0.717) is 6.04 Å². The Hall–Kier alpha value is -0.660. The molecule has 0 saturated carbocycles. The summed E-state index contributed by atoms with van der Waals surface area (Å²) in [7, 11) is 0. The van der Waals surface area contributed by atoms with Crippen molar-refractivity contribution in [1.82, 2.24) is 10.2 Å². The van der Waals surface area contributed by atoms with Gasteiger partial charge in [-0.2, -0.15) is 0 Å². The van der Waals surface area contributed by atoms with Gasteiger partial charge in [-0.05, 0) is 39.5 Å². The summed E-state index contributed by atoms with van der Waals surface area (Å²) in [4.78, 5) is 3.91. The molecule has 1 saturated heterocycles. The fourth-order valence-corrected chi connectivity index (χ4v) is 3.76. The monoisotopic (exact) mass is 370 g/mol. The fourth-order valence-electron chi connectivity index (χ4n) is 2.56. The molecule has 3 rings (SSSR count). The van der Waals surface area contributed by atoms with Crippen LogP contribution >= 0.6 is 27.3 Å². The quantitative estimate of drug-likeness (QED) is 0.846. The minimum atomic E-state index is 0.410. The lowest BCUT2D eigenvalue weighted by atomic mass is 10.2. The highest BCUT2D eigenvalue weighted by Crippen LogP contribution is 2.25. The lowest BCUT2D eigenvalue weighted by molar-refractivity contribution is 0.0167. The number of nitrogens with zero attached hydrogens (tertiary/aromatic N) is 1. The van der Waals surface area contributed by atoms with Crippen LogP contribution in [0.25, 0.3) is 0 Å². The lowest BCUT2D eigenvalue weighted by Gasteiger charge is -2.34. The van der Waals surface area contributed by atoms with Crippen molar-refractivity contribution in [2.45, 2.75) is 12.6 Å². The third kappa shape index (κ3) is 4.17. The molecule has 0 amide bonds. The van der Waals surface area contributed by atoms with Crippen LogP contribution in [0.2, 0.25) is 0 Å². The minimum Gasteiger partial charge on any atom is -0.453 e. The van der Waals surface area contributed by atoms with Crippen LogP contribution in [-0.2, 0) is 11.3 Å². The van der Waals surface area contributed by atoms with E-state index in [1.165, 1.54) is 4.88 Å². The molecule has 2 aromatic rings. The van der Waals surface area contributed by atoms with E-state index >= 15 is 0 Å². The predicted molar refractivity (Wildman–Crippen MR) is 87.6 cm³/mol. The predicted octanol–water partition coefficient (Wildman–Crippen LogP) is 3.27. The first-order chi connectivity index (χ1) is 10.3. The number of halogens is 1. The Morgan fingerprint density at radius 1 is 1.29 bits per heavy atom. The molecule has 1 fully saturated rings. The summed E-state index contributed by atoms with van der Waals surface area (Å²) in [5.41, 5.74) is 0. The zero-order valence-electron chi connectivity index (χ0n) is 11.8. The van der Waals surface area contributed by atoms with Gasteiger partial charge in [-0.3, -0.25) is 4.90 Å². The second-order valence-electron chi connectivity index (χ2n) is 5.02. The Kier molecular flexibility index (Phi) is 5.49. The smallest absolute Gasteiger partial charge is 0.169 e. The van der Waals surface area contributed by atoms with Crippen molar-refractivity contribution in [1.29, 1.82) is 0 Å². The summed E-state index contributed by atoms with van der Waals surface area (Å²) < 4.78 is 11.8. The van der Waals surface area contributed by atoms with Gasteiger partial charge < -0.3 is 14.5 Å². The maximum atomic E-state index is 5.52. The second kappa shape index (κ2) is 7.56. The van der Waals surface area contributed by atoms with Crippen molar-refractivity contribution >= 4 is 27.3 Å². The average molecular weight is 371 g/mol. The molecule has 0 bridgehead atoms. The maximum Gasteiger partial charge on any atom is 0.169 e. The third-order valence-corrected chi connectivity index (χ3v) is 5.02. The molecule has 114 valence electrons. The Balaban J connectivity index is 1.59. The van der Waals surface area contributed by atoms with Crippen LogP contribution < -0.4 is 5.32 Å². The molecule has 0 spiro atoms. The van der Waals surface area contributed by atoms with E-state index in [1.54, 1.807) is 0 Å². The molecule has 2 aromatic heterocycles. The number of rotatable bonds is 6. The molecule has 0 radical (unpaired) electrons. The van der Waals surface area contributed by atoms with Crippen molar-refractivity contribution in [2.75, 3.05) is 32.8 Å². The molecular formula is C15H19BrN2O2S. The topological polar surface area (TPSA) is 37.6 Å². The van der Waals surface area contributed by atoms with Crippen LogP contribution in [0.1, 0.15) is 16.7 Å². The second-order valence-corrected chi connectivity index (χ2v) is 6.78. The van der Waals surface area contributed by atoms with Crippen molar-refractivity contribution < 1.29 is 9.15 Å². The van der Waals surface area contributed by atoms with E-state index in [4.69, 9.17) is 9.15 Å². The Labute approximate surface area is 137 Å². The van der Waals surface area contributed by atoms with Crippen LogP contribution in [-0.4, -0.2) is 37.7 Å². The molecule has 3 heterocycles. The molecule has 1 N–H and O–H groups in total. The molecule has 1 unspecified atom stereocenters. The molecule has 0 aliphatic carbocycles. The van der Waals surface area contributed by atoms with Crippen LogP contribution in [0, 0.1) is 0 Å². The maximum absolute atomic E-state index is 5.52. The van der Waals surface area contributed by atoms with Gasteiger partial charge >= 0.3 is 0 Å². The largest absolute Gasteiger partial charge is 0.453 e. The first-order valence-corrected chi connectivity index (χ1v) is 8.80. The summed E-state index contributed by atoms with van der Waals surface area (Å²) in [6.07, 6.45) is 0. The van der Waals surface area contributed by atoms with Crippen molar-refractivity contribution in [3.05, 3.63) is 45.0 Å². The van der Waals surface area contributed by atoms with E-state index in [1.807, 2.05) is 23.5 Å². The highest BCUT2D eigenvalue weighted by atomic mass is 79.9. The van der Waals surface area contributed by atoms with E-state index in [2.05, 4.69) is 43.7 Å². The first-order valence-electron chi connectivity index (χ1n) is 7.13. The average Bonchev–Trinajstić information content (AvgIpc) is 3.16. The minimum absolute atomic E-state index is 0.410. The number of morpholine rings is 1. The molecule has 4 nitrogen and oxygen atoms in total. The summed E-state index contributed by atoms with van der Waals surface area (Å²) in [5.74, 6) is 0.953. The van der Waals surface area contributed by atoms with Gasteiger partial charge in [0, 0.05) is 24.5 Å². The van der Waals surface area contributed by atoms with Crippen LogP contribution in [0.5, 0.6) is 0 Å². The van der Waals surface area contributed by atoms with Gasteiger partial charge in [-0.1, -0.05) is 6.07 Å². The zero-order valence-corrected chi connectivity index (χ0v) is 14.2. The number of ether oxygens (including phenoxy) is 1. The normalized spacial score (nSPS) is 18.0. The lowest BCUT2D eigenvalue weighted by Crippen LogP contribution is -2.42.